The Kier molecular flexibility index (Phi) is 7.49. The Bertz CT molecular complexity index is 573. The minimum Gasteiger partial charge on any atom is -0.364 e. The van der Waals surface area contributed by atoms with E-state index in [-0.39, 0.29) is 18.4 Å². The van der Waals surface area contributed by atoms with Gasteiger partial charge in [0.05, 0.1) is 0 Å². The van der Waals surface area contributed by atoms with Gasteiger partial charge in [0, 0.05) is 12.6 Å². The summed E-state index contributed by atoms with van der Waals surface area (Å²) in [4.78, 5) is 0. The Labute approximate surface area is 158 Å². The number of nitrogens with two attached hydrogens (primary N) is 1. The lowest BCUT2D eigenvalue weighted by molar-refractivity contribution is -0.0395. The quantitative estimate of drug-likeness (QED) is 0.659. The SMILES string of the molecule is CCCOC(c1ccccc1)(c1ccccc1)C(N)CCC1CC1.Cl. The molecule has 2 aromatic rings. The van der Waals surface area contributed by atoms with Crippen LogP contribution in [0.4, 0.5) is 0 Å². The zero-order chi connectivity index (χ0) is 16.8. The first kappa shape index (κ1) is 20.0. The van der Waals surface area contributed by atoms with Crippen molar-refractivity contribution in [2.45, 2.75) is 50.7 Å². The number of ether oxygens (including phenoxy) is 1. The molecule has 0 spiro atoms. The van der Waals surface area contributed by atoms with Crippen LogP contribution >= 0.6 is 12.4 Å². The fourth-order valence-corrected chi connectivity index (χ4v) is 3.53. The zero-order valence-corrected chi connectivity index (χ0v) is 15.9. The first-order chi connectivity index (χ1) is 11.8. The van der Waals surface area contributed by atoms with Crippen LogP contribution in [0.25, 0.3) is 0 Å². The van der Waals surface area contributed by atoms with Crippen LogP contribution in [0.5, 0.6) is 0 Å². The Morgan fingerprint density at radius 2 is 1.52 bits per heavy atom. The summed E-state index contributed by atoms with van der Waals surface area (Å²) >= 11 is 0. The molecule has 25 heavy (non-hydrogen) atoms. The molecular weight excluding hydrogens is 330 g/mol. The molecular formula is C22H30ClNO. The van der Waals surface area contributed by atoms with E-state index >= 15 is 0 Å². The largest absolute Gasteiger partial charge is 0.364 e. The average Bonchev–Trinajstić information content (AvgIpc) is 3.47. The lowest BCUT2D eigenvalue weighted by Crippen LogP contribution is -2.48. The van der Waals surface area contributed by atoms with Crippen molar-refractivity contribution in [2.75, 3.05) is 6.61 Å². The van der Waals surface area contributed by atoms with Crippen molar-refractivity contribution in [1.82, 2.24) is 0 Å². The predicted octanol–water partition coefficient (Wildman–Crippen LogP) is 5.30. The third kappa shape index (κ3) is 4.63. The van der Waals surface area contributed by atoms with Gasteiger partial charge in [-0.3, -0.25) is 0 Å². The summed E-state index contributed by atoms with van der Waals surface area (Å²) in [6.45, 7) is 2.86. The van der Waals surface area contributed by atoms with Gasteiger partial charge in [0.2, 0.25) is 0 Å². The molecule has 0 amide bonds. The Morgan fingerprint density at radius 1 is 1.00 bits per heavy atom. The third-order valence-electron chi connectivity index (χ3n) is 5.04. The van der Waals surface area contributed by atoms with Crippen LogP contribution in [-0.2, 0) is 10.3 Å². The highest BCUT2D eigenvalue weighted by atomic mass is 35.5. The molecule has 0 saturated heterocycles. The minimum absolute atomic E-state index is 0. The normalized spacial score (nSPS) is 15.4. The van der Waals surface area contributed by atoms with E-state index in [9.17, 15) is 0 Å². The van der Waals surface area contributed by atoms with E-state index in [1.165, 1.54) is 19.3 Å². The lowest BCUT2D eigenvalue weighted by Gasteiger charge is -2.40. The van der Waals surface area contributed by atoms with Crippen molar-refractivity contribution in [2.24, 2.45) is 11.7 Å². The third-order valence-corrected chi connectivity index (χ3v) is 5.04. The molecule has 1 aliphatic rings. The van der Waals surface area contributed by atoms with E-state index in [0.717, 1.165) is 29.9 Å². The molecule has 2 aromatic carbocycles. The predicted molar refractivity (Wildman–Crippen MR) is 107 cm³/mol. The van der Waals surface area contributed by atoms with E-state index < -0.39 is 5.60 Å². The molecule has 3 rings (SSSR count). The fraction of sp³-hybridized carbons (Fsp3) is 0.455. The van der Waals surface area contributed by atoms with E-state index in [1.807, 2.05) is 0 Å². The van der Waals surface area contributed by atoms with Crippen molar-refractivity contribution >= 4 is 12.4 Å². The first-order valence-electron chi connectivity index (χ1n) is 9.28. The summed E-state index contributed by atoms with van der Waals surface area (Å²) < 4.78 is 6.54. The molecule has 0 aromatic heterocycles. The minimum atomic E-state index is -0.562. The van der Waals surface area contributed by atoms with Gasteiger partial charge >= 0.3 is 0 Å². The smallest absolute Gasteiger partial charge is 0.133 e. The number of hydrogen-bond acceptors (Lipinski definition) is 2. The number of hydrogen-bond donors (Lipinski definition) is 1. The molecule has 136 valence electrons. The molecule has 0 bridgehead atoms. The van der Waals surface area contributed by atoms with Gasteiger partial charge < -0.3 is 10.5 Å². The van der Waals surface area contributed by atoms with Crippen LogP contribution in [0.15, 0.2) is 60.7 Å². The maximum absolute atomic E-state index is 6.81. The van der Waals surface area contributed by atoms with Crippen molar-refractivity contribution in [3.8, 4) is 0 Å². The van der Waals surface area contributed by atoms with Gasteiger partial charge in [0.1, 0.15) is 5.60 Å². The van der Waals surface area contributed by atoms with Crippen LogP contribution in [0.2, 0.25) is 0 Å². The number of halogens is 1. The van der Waals surface area contributed by atoms with Gasteiger partial charge in [0.15, 0.2) is 0 Å². The highest BCUT2D eigenvalue weighted by Crippen LogP contribution is 2.41. The number of benzene rings is 2. The van der Waals surface area contributed by atoms with E-state index in [1.54, 1.807) is 0 Å². The molecule has 1 atom stereocenters. The summed E-state index contributed by atoms with van der Waals surface area (Å²) in [6.07, 6.45) is 5.92. The molecule has 0 radical (unpaired) electrons. The monoisotopic (exact) mass is 359 g/mol. The topological polar surface area (TPSA) is 35.2 Å². The highest BCUT2D eigenvalue weighted by Gasteiger charge is 2.41. The van der Waals surface area contributed by atoms with Gasteiger partial charge in [-0.1, -0.05) is 80.4 Å². The van der Waals surface area contributed by atoms with Crippen molar-refractivity contribution < 1.29 is 4.74 Å². The maximum atomic E-state index is 6.81. The molecule has 2 N–H and O–H groups in total. The molecule has 1 fully saturated rings. The van der Waals surface area contributed by atoms with Gasteiger partial charge in [-0.25, -0.2) is 0 Å². The van der Waals surface area contributed by atoms with Gasteiger partial charge in [-0.2, -0.15) is 0 Å². The fourth-order valence-electron chi connectivity index (χ4n) is 3.53. The van der Waals surface area contributed by atoms with Crippen LogP contribution in [0, 0.1) is 5.92 Å². The second-order valence-corrected chi connectivity index (χ2v) is 6.94. The number of rotatable bonds is 9. The molecule has 0 aliphatic heterocycles. The van der Waals surface area contributed by atoms with E-state index in [4.69, 9.17) is 10.5 Å². The average molecular weight is 360 g/mol. The summed E-state index contributed by atoms with van der Waals surface area (Å²) in [5, 5.41) is 0. The summed E-state index contributed by atoms with van der Waals surface area (Å²) in [5.41, 5.74) is 8.57. The van der Waals surface area contributed by atoms with Gasteiger partial charge in [0.25, 0.3) is 0 Å². The van der Waals surface area contributed by atoms with E-state index in [0.29, 0.717) is 6.61 Å². The molecule has 0 heterocycles. The standard InChI is InChI=1S/C22H29NO.ClH/c1-2-17-24-22(19-9-5-3-6-10-19,20-11-7-4-8-12-20)21(23)16-15-18-13-14-18;/h3-12,18,21H,2,13-17,23H2,1H3;1H. The second-order valence-electron chi connectivity index (χ2n) is 6.94. The summed E-state index contributed by atoms with van der Waals surface area (Å²) in [5.74, 6) is 0.881. The Hall–Kier alpha value is -1.35. The lowest BCUT2D eigenvalue weighted by atomic mass is 9.78. The molecule has 1 aliphatic carbocycles. The van der Waals surface area contributed by atoms with Crippen LogP contribution < -0.4 is 5.73 Å². The molecule has 1 saturated carbocycles. The highest BCUT2D eigenvalue weighted by molar-refractivity contribution is 5.85. The van der Waals surface area contributed by atoms with Crippen LogP contribution in [0.1, 0.15) is 50.2 Å². The Morgan fingerprint density at radius 3 is 1.96 bits per heavy atom. The Balaban J connectivity index is 0.00000225. The second kappa shape index (κ2) is 9.38. The van der Waals surface area contributed by atoms with Crippen LogP contribution in [-0.4, -0.2) is 12.6 Å². The van der Waals surface area contributed by atoms with Gasteiger partial charge in [-0.05, 0) is 36.3 Å². The van der Waals surface area contributed by atoms with E-state index in [2.05, 4.69) is 67.6 Å². The summed E-state index contributed by atoms with van der Waals surface area (Å²) in [7, 11) is 0. The van der Waals surface area contributed by atoms with Crippen molar-refractivity contribution in [1.29, 1.82) is 0 Å². The molecule has 1 unspecified atom stereocenters. The molecule has 2 nitrogen and oxygen atoms in total. The van der Waals surface area contributed by atoms with Crippen molar-refractivity contribution in [3.63, 3.8) is 0 Å². The van der Waals surface area contributed by atoms with Crippen LogP contribution in [0.3, 0.4) is 0 Å². The van der Waals surface area contributed by atoms with Crippen molar-refractivity contribution in [3.05, 3.63) is 71.8 Å². The maximum Gasteiger partial charge on any atom is 0.133 e. The first-order valence-corrected chi connectivity index (χ1v) is 9.28. The summed E-state index contributed by atoms with van der Waals surface area (Å²) in [6, 6.07) is 21.0. The molecule has 3 heteroatoms. The van der Waals surface area contributed by atoms with Gasteiger partial charge in [-0.15, -0.1) is 12.4 Å². The zero-order valence-electron chi connectivity index (χ0n) is 15.1.